The molecule has 34 heavy (non-hydrogen) atoms. The first-order chi connectivity index (χ1) is 16.5. The van der Waals surface area contributed by atoms with Gasteiger partial charge in [-0.2, -0.15) is 0 Å². The minimum absolute atomic E-state index is 0.130. The minimum atomic E-state index is -0.488. The average molecular weight is 493 g/mol. The van der Waals surface area contributed by atoms with Crippen LogP contribution in [0.15, 0.2) is 65.1 Å². The lowest BCUT2D eigenvalue weighted by atomic mass is 10.0. The van der Waals surface area contributed by atoms with Gasteiger partial charge in [0.1, 0.15) is 10.6 Å². The van der Waals surface area contributed by atoms with Crippen LogP contribution in [0.4, 0.5) is 5.00 Å². The Morgan fingerprint density at radius 2 is 1.79 bits per heavy atom. The number of esters is 1. The van der Waals surface area contributed by atoms with Gasteiger partial charge in [-0.05, 0) is 19.4 Å². The van der Waals surface area contributed by atoms with E-state index in [1.807, 2.05) is 78.4 Å². The molecule has 0 aliphatic carbocycles. The molecule has 2 aromatic heterocycles. The number of hydrogen-bond donors (Lipinski definition) is 1. The van der Waals surface area contributed by atoms with E-state index in [1.54, 1.807) is 0 Å². The Balaban J connectivity index is 1.50. The van der Waals surface area contributed by atoms with Crippen LogP contribution in [0.5, 0.6) is 0 Å². The van der Waals surface area contributed by atoms with Crippen molar-refractivity contribution < 1.29 is 14.3 Å². The smallest absolute Gasteiger partial charge is 0.341 e. The summed E-state index contributed by atoms with van der Waals surface area (Å²) < 4.78 is 6.98. The molecule has 0 bridgehead atoms. The van der Waals surface area contributed by atoms with Crippen molar-refractivity contribution >= 4 is 40.0 Å². The Labute approximate surface area is 206 Å². The van der Waals surface area contributed by atoms with E-state index in [-0.39, 0.29) is 11.7 Å². The van der Waals surface area contributed by atoms with Gasteiger partial charge in [0, 0.05) is 23.1 Å². The number of carbonyl (C=O) groups excluding carboxylic acids is 2. The number of rotatable bonds is 8. The number of aromatic nitrogens is 3. The number of nitrogens with one attached hydrogen (secondary N) is 1. The van der Waals surface area contributed by atoms with Crippen LogP contribution in [0.1, 0.15) is 22.8 Å². The Hall–Kier alpha value is -3.43. The number of amides is 1. The van der Waals surface area contributed by atoms with Crippen molar-refractivity contribution in [1.29, 1.82) is 0 Å². The van der Waals surface area contributed by atoms with E-state index < -0.39 is 5.97 Å². The molecule has 174 valence electrons. The number of thioether (sulfide) groups is 1. The molecule has 2 heterocycles. The van der Waals surface area contributed by atoms with Crippen molar-refractivity contribution in [3.8, 4) is 22.5 Å². The second kappa shape index (κ2) is 10.7. The molecule has 0 aliphatic heterocycles. The van der Waals surface area contributed by atoms with Gasteiger partial charge in [-0.3, -0.25) is 4.79 Å². The number of methoxy groups -OCH3 is 1. The molecule has 9 heteroatoms. The molecular formula is C25H24N4O3S2. The van der Waals surface area contributed by atoms with E-state index >= 15 is 0 Å². The molecule has 0 atom stereocenters. The van der Waals surface area contributed by atoms with Crippen LogP contribution in [0.2, 0.25) is 0 Å². The molecule has 0 saturated carbocycles. The highest BCUT2D eigenvalue weighted by atomic mass is 32.2. The van der Waals surface area contributed by atoms with Crippen molar-refractivity contribution in [2.45, 2.75) is 25.5 Å². The number of benzene rings is 2. The van der Waals surface area contributed by atoms with E-state index in [0.29, 0.717) is 22.3 Å². The maximum Gasteiger partial charge on any atom is 0.341 e. The molecule has 0 radical (unpaired) electrons. The van der Waals surface area contributed by atoms with E-state index in [4.69, 9.17) is 4.74 Å². The maximum absolute atomic E-state index is 12.8. The summed E-state index contributed by atoms with van der Waals surface area (Å²) in [7, 11) is 1.34. The first-order valence-corrected chi connectivity index (χ1v) is 12.6. The molecule has 0 aliphatic rings. The number of anilines is 1. The summed E-state index contributed by atoms with van der Waals surface area (Å²) >= 11 is 2.61. The Morgan fingerprint density at radius 1 is 1.06 bits per heavy atom. The van der Waals surface area contributed by atoms with Gasteiger partial charge in [-0.15, -0.1) is 21.5 Å². The molecule has 7 nitrogen and oxygen atoms in total. The molecule has 0 spiro atoms. The standard InChI is InChI=1S/C25H24N4O3S2/c1-4-29-22(18-8-6-5-7-9-18)27-28-25(29)34-15-20(30)26-23-21(24(31)32-3)19(14-33-23)17-12-10-16(2)11-13-17/h5-14H,4,15H2,1-3H3,(H,26,30). The zero-order valence-corrected chi connectivity index (χ0v) is 20.7. The van der Waals surface area contributed by atoms with Crippen molar-refractivity contribution in [2.24, 2.45) is 0 Å². The lowest BCUT2D eigenvalue weighted by Gasteiger charge is -2.09. The topological polar surface area (TPSA) is 86.1 Å². The summed E-state index contributed by atoms with van der Waals surface area (Å²) in [6.45, 7) is 4.70. The molecule has 4 rings (SSSR count). The predicted octanol–water partition coefficient (Wildman–Crippen LogP) is 5.52. The normalized spacial score (nSPS) is 10.8. The number of thiophene rings is 1. The summed E-state index contributed by atoms with van der Waals surface area (Å²) in [5.74, 6) is 0.169. The monoisotopic (exact) mass is 492 g/mol. The van der Waals surface area contributed by atoms with E-state index in [1.165, 1.54) is 30.2 Å². The van der Waals surface area contributed by atoms with Crippen LogP contribution in [-0.4, -0.2) is 39.5 Å². The van der Waals surface area contributed by atoms with Crippen molar-refractivity contribution in [3.63, 3.8) is 0 Å². The molecule has 2 aromatic carbocycles. The van der Waals surface area contributed by atoms with Crippen LogP contribution in [0.25, 0.3) is 22.5 Å². The minimum Gasteiger partial charge on any atom is -0.465 e. The summed E-state index contributed by atoms with van der Waals surface area (Å²) in [6, 6.07) is 17.7. The van der Waals surface area contributed by atoms with Crippen LogP contribution in [0.3, 0.4) is 0 Å². The van der Waals surface area contributed by atoms with Gasteiger partial charge >= 0.3 is 5.97 Å². The third-order valence-electron chi connectivity index (χ3n) is 5.19. The first kappa shape index (κ1) is 23.7. The number of carbonyl (C=O) groups is 2. The predicted molar refractivity (Wildman–Crippen MR) is 136 cm³/mol. The lowest BCUT2D eigenvalue weighted by Crippen LogP contribution is -2.16. The quantitative estimate of drug-likeness (QED) is 0.257. The third-order valence-corrected chi connectivity index (χ3v) is 7.06. The van der Waals surface area contributed by atoms with Crippen LogP contribution in [0, 0.1) is 6.92 Å². The summed E-state index contributed by atoms with van der Waals surface area (Å²) in [4.78, 5) is 25.3. The van der Waals surface area contributed by atoms with Crippen LogP contribution >= 0.6 is 23.1 Å². The van der Waals surface area contributed by atoms with Gasteiger partial charge < -0.3 is 14.6 Å². The largest absolute Gasteiger partial charge is 0.465 e. The van der Waals surface area contributed by atoms with Gasteiger partial charge in [0.2, 0.25) is 5.91 Å². The maximum atomic E-state index is 12.8. The van der Waals surface area contributed by atoms with E-state index in [2.05, 4.69) is 15.5 Å². The highest BCUT2D eigenvalue weighted by molar-refractivity contribution is 7.99. The fourth-order valence-electron chi connectivity index (χ4n) is 3.47. The molecule has 1 amide bonds. The van der Waals surface area contributed by atoms with Crippen molar-refractivity contribution in [3.05, 3.63) is 71.1 Å². The Bertz CT molecular complexity index is 1300. The second-order valence-electron chi connectivity index (χ2n) is 7.46. The van der Waals surface area contributed by atoms with Crippen molar-refractivity contribution in [1.82, 2.24) is 14.8 Å². The van der Waals surface area contributed by atoms with E-state index in [9.17, 15) is 9.59 Å². The molecule has 4 aromatic rings. The SMILES string of the molecule is CCn1c(SCC(=O)Nc2scc(-c3ccc(C)cc3)c2C(=O)OC)nnc1-c1ccccc1. The zero-order valence-electron chi connectivity index (χ0n) is 19.1. The lowest BCUT2D eigenvalue weighted by molar-refractivity contribution is -0.113. The molecule has 0 fully saturated rings. The van der Waals surface area contributed by atoms with Crippen molar-refractivity contribution in [2.75, 3.05) is 18.2 Å². The first-order valence-electron chi connectivity index (χ1n) is 10.7. The Kier molecular flexibility index (Phi) is 7.44. The Morgan fingerprint density at radius 3 is 2.47 bits per heavy atom. The van der Waals surface area contributed by atoms with Crippen LogP contribution < -0.4 is 5.32 Å². The van der Waals surface area contributed by atoms with Gasteiger partial charge in [0.15, 0.2) is 11.0 Å². The highest BCUT2D eigenvalue weighted by Gasteiger charge is 2.23. The number of aryl methyl sites for hydroxylation is 1. The molecular weight excluding hydrogens is 468 g/mol. The van der Waals surface area contributed by atoms with Gasteiger partial charge in [-0.1, -0.05) is 71.9 Å². The van der Waals surface area contributed by atoms with Gasteiger partial charge in [0.25, 0.3) is 0 Å². The summed E-state index contributed by atoms with van der Waals surface area (Å²) in [5.41, 5.74) is 4.08. The number of ether oxygens (including phenoxy) is 1. The fraction of sp³-hybridized carbons (Fsp3) is 0.200. The average Bonchev–Trinajstić information content (AvgIpc) is 3.47. The number of hydrogen-bond acceptors (Lipinski definition) is 7. The third kappa shape index (κ3) is 5.05. The highest BCUT2D eigenvalue weighted by Crippen LogP contribution is 2.36. The fourth-order valence-corrected chi connectivity index (χ4v) is 5.25. The molecule has 1 N–H and O–H groups in total. The summed E-state index contributed by atoms with van der Waals surface area (Å²) in [5, 5.41) is 14.5. The molecule has 0 unspecified atom stereocenters. The van der Waals surface area contributed by atoms with Gasteiger partial charge in [0.05, 0.1) is 12.9 Å². The van der Waals surface area contributed by atoms with Gasteiger partial charge in [-0.25, -0.2) is 4.79 Å². The number of nitrogens with zero attached hydrogens (tertiary/aromatic N) is 3. The van der Waals surface area contributed by atoms with E-state index in [0.717, 1.165) is 28.1 Å². The molecule has 0 saturated heterocycles. The second-order valence-corrected chi connectivity index (χ2v) is 9.29. The van der Waals surface area contributed by atoms with Crippen LogP contribution in [-0.2, 0) is 16.1 Å². The summed E-state index contributed by atoms with van der Waals surface area (Å²) in [6.07, 6.45) is 0. The zero-order chi connectivity index (χ0) is 24.1.